The number of benzene rings is 1. The number of amides is 2. The first-order chi connectivity index (χ1) is 15.6. The van der Waals surface area contributed by atoms with Crippen LogP contribution in [0.4, 0.5) is 10.7 Å². The molecule has 32 heavy (non-hydrogen) atoms. The number of rotatable bonds is 8. The summed E-state index contributed by atoms with van der Waals surface area (Å²) in [6.45, 7) is 1.99. The van der Waals surface area contributed by atoms with Gasteiger partial charge in [0, 0.05) is 30.8 Å². The Hall–Kier alpha value is -2.58. The van der Waals surface area contributed by atoms with E-state index in [0.29, 0.717) is 23.7 Å². The maximum absolute atomic E-state index is 13.0. The molecule has 0 fully saturated rings. The van der Waals surface area contributed by atoms with Gasteiger partial charge in [0.25, 0.3) is 5.91 Å². The Kier molecular flexibility index (Phi) is 7.32. The van der Waals surface area contributed by atoms with Crippen LogP contribution in [0.1, 0.15) is 45.6 Å². The number of hydrogen-bond acceptors (Lipinski definition) is 6. The summed E-state index contributed by atoms with van der Waals surface area (Å²) in [7, 11) is 3.28. The van der Waals surface area contributed by atoms with E-state index in [1.807, 2.05) is 12.1 Å². The highest BCUT2D eigenvalue weighted by atomic mass is 32.1. The maximum Gasteiger partial charge on any atom is 0.254 e. The number of thiophene rings is 1. The molecule has 1 aromatic heterocycles. The van der Waals surface area contributed by atoms with Crippen LogP contribution in [0.2, 0.25) is 0 Å². The van der Waals surface area contributed by atoms with E-state index >= 15 is 0 Å². The zero-order valence-corrected chi connectivity index (χ0v) is 19.6. The second-order valence-corrected chi connectivity index (χ2v) is 9.34. The third kappa shape index (κ3) is 4.91. The van der Waals surface area contributed by atoms with E-state index in [2.05, 4.69) is 21.6 Å². The van der Waals surface area contributed by atoms with E-state index in [1.165, 1.54) is 10.4 Å². The highest BCUT2D eigenvalue weighted by molar-refractivity contribution is 7.17. The lowest BCUT2D eigenvalue weighted by Gasteiger charge is -2.31. The molecule has 1 aliphatic heterocycles. The zero-order chi connectivity index (χ0) is 22.5. The molecule has 0 saturated heterocycles. The first kappa shape index (κ1) is 22.6. The standard InChI is InChI=1S/C24H31N3O4S/c1-30-13-11-25-23(29)22-18-7-3-4-8-20(18)32-24(22)26-21(28)15-27-12-5-6-16-14-17(31-2)9-10-19(16)27/h9-10,14H,3-8,11-13,15H2,1-2H3,(H,25,29)(H,26,28). The molecule has 1 aliphatic carbocycles. The average molecular weight is 458 g/mol. The molecule has 7 nitrogen and oxygen atoms in total. The van der Waals surface area contributed by atoms with Crippen LogP contribution in [0.25, 0.3) is 0 Å². The summed E-state index contributed by atoms with van der Waals surface area (Å²) in [5, 5.41) is 6.66. The first-order valence-electron chi connectivity index (χ1n) is 11.2. The third-order valence-corrected chi connectivity index (χ3v) is 7.29. The second-order valence-electron chi connectivity index (χ2n) is 8.23. The molecule has 2 N–H and O–H groups in total. The summed E-state index contributed by atoms with van der Waals surface area (Å²) in [4.78, 5) is 29.3. The lowest BCUT2D eigenvalue weighted by molar-refractivity contribution is -0.115. The Bertz CT molecular complexity index is 988. The summed E-state index contributed by atoms with van der Waals surface area (Å²) in [6.07, 6.45) is 6.02. The number of nitrogens with zero attached hydrogens (tertiary/aromatic N) is 1. The van der Waals surface area contributed by atoms with Crippen LogP contribution in [-0.4, -0.2) is 52.3 Å². The van der Waals surface area contributed by atoms with Gasteiger partial charge < -0.3 is 25.0 Å². The molecule has 2 amide bonds. The van der Waals surface area contributed by atoms with Gasteiger partial charge in [-0.15, -0.1) is 11.3 Å². The number of aryl methyl sites for hydroxylation is 2. The van der Waals surface area contributed by atoms with Gasteiger partial charge in [-0.2, -0.15) is 0 Å². The minimum absolute atomic E-state index is 0.0989. The van der Waals surface area contributed by atoms with Gasteiger partial charge >= 0.3 is 0 Å². The second kappa shape index (κ2) is 10.4. The molecule has 2 heterocycles. The highest BCUT2D eigenvalue weighted by Gasteiger charge is 2.27. The van der Waals surface area contributed by atoms with E-state index < -0.39 is 0 Å². The van der Waals surface area contributed by atoms with Crippen LogP contribution >= 0.6 is 11.3 Å². The van der Waals surface area contributed by atoms with E-state index in [9.17, 15) is 9.59 Å². The van der Waals surface area contributed by atoms with Gasteiger partial charge in [-0.3, -0.25) is 9.59 Å². The van der Waals surface area contributed by atoms with E-state index in [0.717, 1.165) is 62.1 Å². The highest BCUT2D eigenvalue weighted by Crippen LogP contribution is 2.38. The molecule has 1 aromatic carbocycles. The Morgan fingerprint density at radius 2 is 1.97 bits per heavy atom. The van der Waals surface area contributed by atoms with Crippen LogP contribution < -0.4 is 20.3 Å². The van der Waals surface area contributed by atoms with Crippen molar-refractivity contribution in [2.24, 2.45) is 0 Å². The minimum atomic E-state index is -0.132. The minimum Gasteiger partial charge on any atom is -0.497 e. The fourth-order valence-corrected chi connectivity index (χ4v) is 5.83. The Balaban J connectivity index is 1.50. The van der Waals surface area contributed by atoms with Crippen molar-refractivity contribution in [2.75, 3.05) is 50.7 Å². The quantitative estimate of drug-likeness (QED) is 0.594. The molecule has 0 unspecified atom stereocenters. The van der Waals surface area contributed by atoms with Crippen molar-refractivity contribution in [3.8, 4) is 5.75 Å². The van der Waals surface area contributed by atoms with Crippen LogP contribution in [0, 0.1) is 0 Å². The molecule has 0 spiro atoms. The van der Waals surface area contributed by atoms with Crippen LogP contribution in [0.15, 0.2) is 18.2 Å². The van der Waals surface area contributed by atoms with Crippen LogP contribution in [0.3, 0.4) is 0 Å². The molecule has 2 aromatic rings. The number of carbonyl (C=O) groups excluding carboxylic acids is 2. The van der Waals surface area contributed by atoms with Gasteiger partial charge in [0.1, 0.15) is 10.8 Å². The molecular weight excluding hydrogens is 426 g/mol. The number of carbonyl (C=O) groups is 2. The molecule has 172 valence electrons. The monoisotopic (exact) mass is 457 g/mol. The van der Waals surface area contributed by atoms with Gasteiger partial charge in [0.2, 0.25) is 5.91 Å². The van der Waals surface area contributed by atoms with Gasteiger partial charge in [-0.05, 0) is 67.9 Å². The summed E-state index contributed by atoms with van der Waals surface area (Å²) >= 11 is 1.55. The van der Waals surface area contributed by atoms with Crippen molar-refractivity contribution in [3.05, 3.63) is 39.8 Å². The Morgan fingerprint density at radius 3 is 2.78 bits per heavy atom. The SMILES string of the molecule is COCCNC(=O)c1c(NC(=O)CN2CCCc3cc(OC)ccc32)sc2c1CCCC2. The number of methoxy groups -OCH3 is 2. The molecular formula is C24H31N3O4S. The Morgan fingerprint density at radius 1 is 1.12 bits per heavy atom. The van der Waals surface area contributed by atoms with E-state index in [4.69, 9.17) is 9.47 Å². The third-order valence-electron chi connectivity index (χ3n) is 6.08. The largest absolute Gasteiger partial charge is 0.497 e. The van der Waals surface area contributed by atoms with Crippen molar-refractivity contribution in [3.63, 3.8) is 0 Å². The zero-order valence-electron chi connectivity index (χ0n) is 18.8. The molecule has 2 aliphatic rings. The maximum atomic E-state index is 13.0. The van der Waals surface area contributed by atoms with Crippen molar-refractivity contribution in [2.45, 2.75) is 38.5 Å². The van der Waals surface area contributed by atoms with Gasteiger partial charge in [0.15, 0.2) is 0 Å². The molecule has 4 rings (SSSR count). The first-order valence-corrected chi connectivity index (χ1v) is 12.1. The van der Waals surface area contributed by atoms with Crippen LogP contribution in [0.5, 0.6) is 5.75 Å². The number of anilines is 2. The predicted octanol–water partition coefficient (Wildman–Crippen LogP) is 3.40. The van der Waals surface area contributed by atoms with Crippen molar-refractivity contribution in [1.82, 2.24) is 5.32 Å². The number of fused-ring (bicyclic) bond motifs is 2. The Labute approximate surface area is 193 Å². The molecule has 0 atom stereocenters. The summed E-state index contributed by atoms with van der Waals surface area (Å²) in [5.74, 6) is 0.605. The fourth-order valence-electron chi connectivity index (χ4n) is 4.53. The van der Waals surface area contributed by atoms with Crippen LogP contribution in [-0.2, 0) is 28.8 Å². The number of ether oxygens (including phenoxy) is 2. The van der Waals surface area contributed by atoms with E-state index in [-0.39, 0.29) is 18.4 Å². The number of nitrogens with one attached hydrogen (secondary N) is 2. The summed E-state index contributed by atoms with van der Waals surface area (Å²) in [6, 6.07) is 6.01. The number of hydrogen-bond donors (Lipinski definition) is 2. The van der Waals surface area contributed by atoms with Crippen molar-refractivity contribution in [1.29, 1.82) is 0 Å². The smallest absolute Gasteiger partial charge is 0.254 e. The van der Waals surface area contributed by atoms with Crippen molar-refractivity contribution < 1.29 is 19.1 Å². The summed E-state index contributed by atoms with van der Waals surface area (Å²) < 4.78 is 10.4. The van der Waals surface area contributed by atoms with E-state index in [1.54, 1.807) is 25.6 Å². The van der Waals surface area contributed by atoms with Gasteiger partial charge in [-0.1, -0.05) is 0 Å². The fraction of sp³-hybridized carbons (Fsp3) is 0.500. The molecule has 0 radical (unpaired) electrons. The predicted molar refractivity (Wildman–Crippen MR) is 127 cm³/mol. The lowest BCUT2D eigenvalue weighted by Crippen LogP contribution is -2.37. The van der Waals surface area contributed by atoms with Crippen molar-refractivity contribution >= 4 is 33.8 Å². The molecule has 0 saturated carbocycles. The average Bonchev–Trinajstić information content (AvgIpc) is 3.16. The molecule has 0 bridgehead atoms. The normalized spacial score (nSPS) is 15.0. The molecule has 8 heteroatoms. The van der Waals surface area contributed by atoms with Gasteiger partial charge in [0.05, 0.1) is 25.8 Å². The topological polar surface area (TPSA) is 79.9 Å². The summed E-state index contributed by atoms with van der Waals surface area (Å²) in [5.41, 5.74) is 4.02. The lowest BCUT2D eigenvalue weighted by atomic mass is 9.95. The van der Waals surface area contributed by atoms with Gasteiger partial charge in [-0.25, -0.2) is 0 Å².